The molecule has 0 aromatic carbocycles. The van der Waals surface area contributed by atoms with Crippen molar-refractivity contribution in [2.45, 2.75) is 52.1 Å². The number of rotatable bonds is 3. The summed E-state index contributed by atoms with van der Waals surface area (Å²) in [7, 11) is 2.26. The van der Waals surface area contributed by atoms with Crippen molar-refractivity contribution in [3.05, 3.63) is 0 Å². The highest BCUT2D eigenvalue weighted by Crippen LogP contribution is 2.48. The fraction of sp³-hybridized carbons (Fsp3) is 1.00. The number of likely N-dealkylation sites (N-methyl/N-ethyl adjacent to an activating group) is 1. The molecule has 1 aliphatic rings. The van der Waals surface area contributed by atoms with E-state index in [2.05, 4.69) is 39.6 Å². The lowest BCUT2D eigenvalue weighted by Gasteiger charge is -2.11. The SMILES string of the molecule is CCC1(CC)[C@H](C(C)C)[N@@]1C. The van der Waals surface area contributed by atoms with Crippen LogP contribution in [0.25, 0.3) is 0 Å². The minimum atomic E-state index is 0.564. The Morgan fingerprint density at radius 1 is 1.27 bits per heavy atom. The smallest absolute Gasteiger partial charge is 0.0362 e. The Kier molecular flexibility index (Phi) is 2.29. The molecule has 0 aromatic heterocycles. The highest BCUT2D eigenvalue weighted by molar-refractivity contribution is 5.14. The molecule has 0 aliphatic carbocycles. The average Bonchev–Trinajstić information content (AvgIpc) is 2.56. The summed E-state index contributed by atoms with van der Waals surface area (Å²) in [6.07, 6.45) is 2.62. The first-order valence-electron chi connectivity index (χ1n) is 4.83. The second-order valence-corrected chi connectivity index (χ2v) is 4.11. The van der Waals surface area contributed by atoms with Crippen molar-refractivity contribution < 1.29 is 0 Å². The van der Waals surface area contributed by atoms with Gasteiger partial charge in [0.15, 0.2) is 0 Å². The average molecular weight is 155 g/mol. The van der Waals surface area contributed by atoms with E-state index < -0.39 is 0 Å². The van der Waals surface area contributed by atoms with Crippen molar-refractivity contribution in [2.24, 2.45) is 5.92 Å². The van der Waals surface area contributed by atoms with E-state index in [9.17, 15) is 0 Å². The largest absolute Gasteiger partial charge is 0.294 e. The van der Waals surface area contributed by atoms with Gasteiger partial charge in [0.1, 0.15) is 0 Å². The first-order valence-corrected chi connectivity index (χ1v) is 4.83. The fourth-order valence-corrected chi connectivity index (χ4v) is 2.79. The number of hydrogen-bond acceptors (Lipinski definition) is 1. The lowest BCUT2D eigenvalue weighted by molar-refractivity contribution is 0.437. The van der Waals surface area contributed by atoms with E-state index in [4.69, 9.17) is 0 Å². The highest BCUT2D eigenvalue weighted by atomic mass is 15.4. The number of hydrogen-bond donors (Lipinski definition) is 0. The molecular weight excluding hydrogens is 134 g/mol. The van der Waals surface area contributed by atoms with Crippen LogP contribution in [0.3, 0.4) is 0 Å². The summed E-state index contributed by atoms with van der Waals surface area (Å²) in [6, 6.07) is 0.845. The van der Waals surface area contributed by atoms with Crippen molar-refractivity contribution in [3.63, 3.8) is 0 Å². The second kappa shape index (κ2) is 2.78. The topological polar surface area (TPSA) is 3.01 Å². The molecule has 1 saturated heterocycles. The zero-order valence-electron chi connectivity index (χ0n) is 8.52. The van der Waals surface area contributed by atoms with Crippen LogP contribution in [-0.4, -0.2) is 23.5 Å². The molecule has 1 rings (SSSR count). The summed E-state index contributed by atoms with van der Waals surface area (Å²) < 4.78 is 0. The van der Waals surface area contributed by atoms with Gasteiger partial charge in [-0.05, 0) is 25.8 Å². The fourth-order valence-electron chi connectivity index (χ4n) is 2.79. The minimum absolute atomic E-state index is 0.564. The van der Waals surface area contributed by atoms with E-state index in [-0.39, 0.29) is 0 Å². The Hall–Kier alpha value is -0.0400. The molecule has 0 saturated carbocycles. The summed E-state index contributed by atoms with van der Waals surface area (Å²) >= 11 is 0. The molecule has 1 aliphatic heterocycles. The Balaban J connectivity index is 2.62. The van der Waals surface area contributed by atoms with Crippen LogP contribution in [0.1, 0.15) is 40.5 Å². The van der Waals surface area contributed by atoms with E-state index in [1.54, 1.807) is 0 Å². The van der Waals surface area contributed by atoms with E-state index in [0.29, 0.717) is 5.54 Å². The minimum Gasteiger partial charge on any atom is -0.294 e. The van der Waals surface area contributed by atoms with E-state index in [1.807, 2.05) is 0 Å². The van der Waals surface area contributed by atoms with Crippen LogP contribution in [0.15, 0.2) is 0 Å². The first kappa shape index (κ1) is 9.05. The molecule has 1 heteroatoms. The van der Waals surface area contributed by atoms with Crippen molar-refractivity contribution >= 4 is 0 Å². The maximum Gasteiger partial charge on any atom is 0.0362 e. The normalized spacial score (nSPS) is 34.4. The van der Waals surface area contributed by atoms with Crippen molar-refractivity contribution in [1.82, 2.24) is 4.90 Å². The molecule has 0 unspecified atom stereocenters. The Morgan fingerprint density at radius 3 is 1.82 bits per heavy atom. The molecule has 1 heterocycles. The monoisotopic (exact) mass is 155 g/mol. The maximum atomic E-state index is 2.54. The highest BCUT2D eigenvalue weighted by Gasteiger charge is 2.58. The van der Waals surface area contributed by atoms with Gasteiger partial charge in [-0.1, -0.05) is 27.7 Å². The lowest BCUT2D eigenvalue weighted by Crippen LogP contribution is -2.16. The van der Waals surface area contributed by atoms with Crippen LogP contribution in [0.2, 0.25) is 0 Å². The summed E-state index contributed by atoms with van der Waals surface area (Å²) in [5, 5.41) is 0. The summed E-state index contributed by atoms with van der Waals surface area (Å²) in [4.78, 5) is 2.54. The second-order valence-electron chi connectivity index (χ2n) is 4.11. The van der Waals surface area contributed by atoms with Crippen molar-refractivity contribution in [3.8, 4) is 0 Å². The predicted molar refractivity (Wildman–Crippen MR) is 49.7 cm³/mol. The zero-order chi connectivity index (χ0) is 8.65. The van der Waals surface area contributed by atoms with Gasteiger partial charge in [-0.2, -0.15) is 0 Å². The van der Waals surface area contributed by atoms with Crippen LogP contribution in [0.4, 0.5) is 0 Å². The lowest BCUT2D eigenvalue weighted by atomic mass is 9.93. The van der Waals surface area contributed by atoms with Crippen molar-refractivity contribution in [2.75, 3.05) is 7.05 Å². The van der Waals surface area contributed by atoms with E-state index in [1.165, 1.54) is 12.8 Å². The Bertz CT molecular complexity index is 136. The first-order chi connectivity index (χ1) is 5.10. The van der Waals surface area contributed by atoms with Gasteiger partial charge in [0.05, 0.1) is 0 Å². The third kappa shape index (κ3) is 1.10. The Labute approximate surface area is 70.8 Å². The van der Waals surface area contributed by atoms with Gasteiger partial charge in [-0.15, -0.1) is 0 Å². The third-order valence-corrected chi connectivity index (χ3v) is 3.46. The molecule has 11 heavy (non-hydrogen) atoms. The molecule has 2 atom stereocenters. The van der Waals surface area contributed by atoms with Gasteiger partial charge < -0.3 is 0 Å². The van der Waals surface area contributed by atoms with E-state index in [0.717, 1.165) is 12.0 Å². The molecule has 1 nitrogen and oxygen atoms in total. The predicted octanol–water partition coefficient (Wildman–Crippen LogP) is 2.52. The third-order valence-electron chi connectivity index (χ3n) is 3.46. The standard InChI is InChI=1S/C10H21N/c1-6-10(7-2)9(8(3)4)11(10)5/h8-9H,6-7H2,1-5H3/t9-,11+/m0/s1. The summed E-state index contributed by atoms with van der Waals surface area (Å²) in [5.74, 6) is 0.819. The van der Waals surface area contributed by atoms with Crippen LogP contribution >= 0.6 is 0 Å². The van der Waals surface area contributed by atoms with Crippen LogP contribution < -0.4 is 0 Å². The van der Waals surface area contributed by atoms with Gasteiger partial charge >= 0.3 is 0 Å². The molecular formula is C10H21N. The number of nitrogens with zero attached hydrogens (tertiary/aromatic N) is 1. The van der Waals surface area contributed by atoms with Gasteiger partial charge in [0.2, 0.25) is 0 Å². The summed E-state index contributed by atoms with van der Waals surface area (Å²) in [5.41, 5.74) is 0.564. The molecule has 1 fully saturated rings. The quantitative estimate of drug-likeness (QED) is 0.566. The van der Waals surface area contributed by atoms with Crippen molar-refractivity contribution in [1.29, 1.82) is 0 Å². The van der Waals surface area contributed by atoms with Crippen LogP contribution in [0.5, 0.6) is 0 Å². The molecule has 66 valence electrons. The van der Waals surface area contributed by atoms with E-state index >= 15 is 0 Å². The molecule has 0 bridgehead atoms. The zero-order valence-corrected chi connectivity index (χ0v) is 8.52. The molecule has 0 N–H and O–H groups in total. The van der Waals surface area contributed by atoms with Crippen LogP contribution in [-0.2, 0) is 0 Å². The van der Waals surface area contributed by atoms with Gasteiger partial charge in [-0.25, -0.2) is 0 Å². The van der Waals surface area contributed by atoms with Crippen LogP contribution in [0, 0.1) is 5.92 Å². The van der Waals surface area contributed by atoms with Gasteiger partial charge in [0, 0.05) is 11.6 Å². The maximum absolute atomic E-state index is 2.54. The molecule has 0 aromatic rings. The molecule has 0 spiro atoms. The summed E-state index contributed by atoms with van der Waals surface area (Å²) in [6.45, 7) is 9.27. The molecule has 0 radical (unpaired) electrons. The molecule has 0 amide bonds. The van der Waals surface area contributed by atoms with Gasteiger partial charge in [-0.3, -0.25) is 4.90 Å². The van der Waals surface area contributed by atoms with Gasteiger partial charge in [0.25, 0.3) is 0 Å². The Morgan fingerprint density at radius 2 is 1.73 bits per heavy atom.